The number of nitrogens with zero attached hydrogens (tertiary/aromatic N) is 1. The van der Waals surface area contributed by atoms with E-state index in [4.69, 9.17) is 23.4 Å². The summed E-state index contributed by atoms with van der Waals surface area (Å²) < 4.78 is 26.4. The molecule has 0 spiro atoms. The maximum absolute atomic E-state index is 12.1. The van der Waals surface area contributed by atoms with E-state index in [9.17, 15) is 4.79 Å². The highest BCUT2D eigenvalue weighted by molar-refractivity contribution is 6.07. The number of hydrogen-bond acceptors (Lipinski definition) is 7. The zero-order chi connectivity index (χ0) is 18.5. The Morgan fingerprint density at radius 1 is 1.08 bits per heavy atom. The molecule has 0 radical (unpaired) electrons. The molecule has 2 heterocycles. The number of esters is 1. The Kier molecular flexibility index (Phi) is 5.26. The lowest BCUT2D eigenvalue weighted by molar-refractivity contribution is -0.130. The highest BCUT2D eigenvalue weighted by atomic mass is 16.6. The Morgan fingerprint density at radius 3 is 2.38 bits per heavy atom. The topological polar surface area (TPSA) is 79.5 Å². The van der Waals surface area contributed by atoms with Crippen molar-refractivity contribution in [3.63, 3.8) is 0 Å². The van der Waals surface area contributed by atoms with E-state index in [1.165, 1.54) is 21.3 Å². The van der Waals surface area contributed by atoms with Gasteiger partial charge < -0.3 is 23.4 Å². The van der Waals surface area contributed by atoms with Crippen molar-refractivity contribution in [3.05, 3.63) is 47.5 Å². The molecule has 0 fully saturated rings. The number of methoxy groups -OCH3 is 3. The molecule has 7 nitrogen and oxygen atoms in total. The standard InChI is InChI=1S/C19H19NO6/c1-22-15-10-12(11-16(23-2)18(15)24-3)9-14-19(21)26-17(20-14)7-6-13-5-4-8-25-13/h4-5,8-11H,6-7H2,1-3H3/b14-9+. The summed E-state index contributed by atoms with van der Waals surface area (Å²) in [6.07, 6.45) is 4.31. The summed E-state index contributed by atoms with van der Waals surface area (Å²) in [6.45, 7) is 0. The van der Waals surface area contributed by atoms with Gasteiger partial charge in [-0.2, -0.15) is 0 Å². The second-order valence-electron chi connectivity index (χ2n) is 5.46. The van der Waals surface area contributed by atoms with Crippen molar-refractivity contribution in [3.8, 4) is 17.2 Å². The van der Waals surface area contributed by atoms with Crippen molar-refractivity contribution >= 4 is 17.9 Å². The zero-order valence-electron chi connectivity index (χ0n) is 14.8. The van der Waals surface area contributed by atoms with E-state index in [2.05, 4.69) is 4.99 Å². The molecular weight excluding hydrogens is 338 g/mol. The molecule has 1 aromatic carbocycles. The first-order chi connectivity index (χ1) is 12.6. The number of ether oxygens (including phenoxy) is 4. The van der Waals surface area contributed by atoms with Gasteiger partial charge in [-0.3, -0.25) is 0 Å². The number of carbonyl (C=O) groups excluding carboxylic acids is 1. The maximum Gasteiger partial charge on any atom is 0.363 e. The van der Waals surface area contributed by atoms with E-state index in [-0.39, 0.29) is 5.70 Å². The van der Waals surface area contributed by atoms with Gasteiger partial charge in [0.25, 0.3) is 0 Å². The molecular formula is C19H19NO6. The van der Waals surface area contributed by atoms with Crippen LogP contribution in [-0.4, -0.2) is 33.2 Å². The normalized spacial score (nSPS) is 15.0. The van der Waals surface area contributed by atoms with Crippen LogP contribution in [0.2, 0.25) is 0 Å². The van der Waals surface area contributed by atoms with E-state index in [0.29, 0.717) is 41.6 Å². The average molecular weight is 357 g/mol. The van der Waals surface area contributed by atoms with Crippen LogP contribution >= 0.6 is 0 Å². The minimum absolute atomic E-state index is 0.216. The third kappa shape index (κ3) is 3.72. The second-order valence-corrected chi connectivity index (χ2v) is 5.46. The molecule has 0 bridgehead atoms. The lowest BCUT2D eigenvalue weighted by Crippen LogP contribution is -2.04. The summed E-state index contributed by atoms with van der Waals surface area (Å²) in [5.41, 5.74) is 0.899. The molecule has 0 aliphatic carbocycles. The number of hydrogen-bond donors (Lipinski definition) is 0. The van der Waals surface area contributed by atoms with Crippen LogP contribution in [0.1, 0.15) is 17.7 Å². The number of rotatable bonds is 7. The lowest BCUT2D eigenvalue weighted by Gasteiger charge is -2.12. The predicted molar refractivity (Wildman–Crippen MR) is 94.6 cm³/mol. The minimum atomic E-state index is -0.492. The van der Waals surface area contributed by atoms with Gasteiger partial charge in [0.1, 0.15) is 5.76 Å². The number of aliphatic imine (C=N–C) groups is 1. The van der Waals surface area contributed by atoms with E-state index in [0.717, 1.165) is 5.76 Å². The Morgan fingerprint density at radius 2 is 1.81 bits per heavy atom. The van der Waals surface area contributed by atoms with Gasteiger partial charge in [-0.15, -0.1) is 0 Å². The fourth-order valence-corrected chi connectivity index (χ4v) is 2.59. The molecule has 2 aromatic rings. The summed E-state index contributed by atoms with van der Waals surface area (Å²) >= 11 is 0. The second kappa shape index (κ2) is 7.77. The molecule has 1 aliphatic rings. The van der Waals surface area contributed by atoms with Crippen LogP contribution in [-0.2, 0) is 16.0 Å². The largest absolute Gasteiger partial charge is 0.493 e. The SMILES string of the molecule is COc1cc(/C=C2/N=C(CCc3ccco3)OC2=O)cc(OC)c1OC. The number of carbonyl (C=O) groups is 1. The van der Waals surface area contributed by atoms with Gasteiger partial charge >= 0.3 is 5.97 Å². The summed E-state index contributed by atoms with van der Waals surface area (Å²) in [5.74, 6) is 2.15. The van der Waals surface area contributed by atoms with Gasteiger partial charge in [-0.1, -0.05) is 0 Å². The first kappa shape index (κ1) is 17.6. The molecule has 0 saturated heterocycles. The fraction of sp³-hybridized carbons (Fsp3) is 0.263. The highest BCUT2D eigenvalue weighted by Crippen LogP contribution is 2.39. The quantitative estimate of drug-likeness (QED) is 0.559. The van der Waals surface area contributed by atoms with Crippen molar-refractivity contribution < 1.29 is 28.2 Å². The Bertz CT molecular complexity index is 826. The zero-order valence-corrected chi connectivity index (χ0v) is 14.8. The smallest absolute Gasteiger partial charge is 0.363 e. The molecule has 0 amide bonds. The van der Waals surface area contributed by atoms with Crippen molar-refractivity contribution in [2.24, 2.45) is 4.99 Å². The number of benzene rings is 1. The van der Waals surface area contributed by atoms with E-state index >= 15 is 0 Å². The van der Waals surface area contributed by atoms with Crippen LogP contribution in [0.25, 0.3) is 6.08 Å². The molecule has 3 rings (SSSR count). The molecule has 0 unspecified atom stereocenters. The van der Waals surface area contributed by atoms with E-state index < -0.39 is 5.97 Å². The number of furan rings is 1. The number of aryl methyl sites for hydroxylation is 1. The van der Waals surface area contributed by atoms with Crippen LogP contribution in [0.4, 0.5) is 0 Å². The van der Waals surface area contributed by atoms with Crippen molar-refractivity contribution in [2.75, 3.05) is 21.3 Å². The monoisotopic (exact) mass is 357 g/mol. The van der Waals surface area contributed by atoms with Crippen molar-refractivity contribution in [2.45, 2.75) is 12.8 Å². The van der Waals surface area contributed by atoms with Gasteiger partial charge in [-0.05, 0) is 35.9 Å². The molecule has 0 atom stereocenters. The summed E-state index contributed by atoms with van der Waals surface area (Å²) in [7, 11) is 4.59. The maximum atomic E-state index is 12.1. The molecule has 7 heteroatoms. The molecule has 26 heavy (non-hydrogen) atoms. The van der Waals surface area contributed by atoms with Gasteiger partial charge in [0.2, 0.25) is 5.75 Å². The average Bonchev–Trinajstić information content (AvgIpc) is 3.29. The highest BCUT2D eigenvalue weighted by Gasteiger charge is 2.23. The molecule has 1 aliphatic heterocycles. The molecule has 0 saturated carbocycles. The summed E-state index contributed by atoms with van der Waals surface area (Å²) in [6, 6.07) is 7.15. The summed E-state index contributed by atoms with van der Waals surface area (Å²) in [5, 5.41) is 0. The summed E-state index contributed by atoms with van der Waals surface area (Å²) in [4.78, 5) is 16.3. The first-order valence-corrected chi connectivity index (χ1v) is 7.98. The van der Waals surface area contributed by atoms with E-state index in [1.54, 1.807) is 24.5 Å². The van der Waals surface area contributed by atoms with Crippen LogP contribution in [0.3, 0.4) is 0 Å². The van der Waals surface area contributed by atoms with Crippen LogP contribution < -0.4 is 14.2 Å². The minimum Gasteiger partial charge on any atom is -0.493 e. The van der Waals surface area contributed by atoms with Gasteiger partial charge in [0.05, 0.1) is 27.6 Å². The Hall–Kier alpha value is -3.22. The van der Waals surface area contributed by atoms with Gasteiger partial charge in [0, 0.05) is 12.8 Å². The third-order valence-electron chi connectivity index (χ3n) is 3.82. The molecule has 0 N–H and O–H groups in total. The van der Waals surface area contributed by atoms with Crippen molar-refractivity contribution in [1.29, 1.82) is 0 Å². The van der Waals surface area contributed by atoms with Gasteiger partial charge in [0.15, 0.2) is 23.1 Å². The number of cyclic esters (lactones) is 1. The van der Waals surface area contributed by atoms with Gasteiger partial charge in [-0.25, -0.2) is 9.79 Å². The van der Waals surface area contributed by atoms with E-state index in [1.807, 2.05) is 12.1 Å². The Labute approximate surface area is 150 Å². The predicted octanol–water partition coefficient (Wildman–Crippen LogP) is 3.23. The fourth-order valence-electron chi connectivity index (χ4n) is 2.59. The molecule has 136 valence electrons. The first-order valence-electron chi connectivity index (χ1n) is 7.98. The third-order valence-corrected chi connectivity index (χ3v) is 3.82. The van der Waals surface area contributed by atoms with Crippen molar-refractivity contribution in [1.82, 2.24) is 0 Å². The van der Waals surface area contributed by atoms with Crippen LogP contribution in [0.15, 0.2) is 45.6 Å². The Balaban J connectivity index is 1.83. The van der Waals surface area contributed by atoms with Crippen LogP contribution in [0, 0.1) is 0 Å². The van der Waals surface area contributed by atoms with Crippen LogP contribution in [0.5, 0.6) is 17.2 Å². The lowest BCUT2D eigenvalue weighted by atomic mass is 10.1. The molecule has 1 aromatic heterocycles.